The zero-order valence-corrected chi connectivity index (χ0v) is 20.7. The van der Waals surface area contributed by atoms with Crippen molar-refractivity contribution >= 4 is 35.2 Å². The number of nitrogens with zero attached hydrogens (tertiary/aromatic N) is 2. The first-order valence-electron chi connectivity index (χ1n) is 10.8. The van der Waals surface area contributed by atoms with E-state index in [9.17, 15) is 14.0 Å². The van der Waals surface area contributed by atoms with E-state index in [1.54, 1.807) is 38.3 Å². The van der Waals surface area contributed by atoms with Crippen LogP contribution in [0.1, 0.15) is 23.9 Å². The Hall–Kier alpha value is -3.84. The Kier molecular flexibility index (Phi) is 6.54. The van der Waals surface area contributed by atoms with Crippen LogP contribution in [-0.2, 0) is 14.3 Å². The number of halogens is 2. The molecule has 0 saturated carbocycles. The van der Waals surface area contributed by atoms with Gasteiger partial charge in [-0.3, -0.25) is 9.69 Å². The Morgan fingerprint density at radius 2 is 1.77 bits per heavy atom. The van der Waals surface area contributed by atoms with Crippen LogP contribution in [0.15, 0.2) is 65.4 Å². The number of esters is 1. The van der Waals surface area contributed by atoms with Crippen LogP contribution in [0.25, 0.3) is 11.8 Å². The number of allylic oxidation sites excluding steroid dienone is 1. The van der Waals surface area contributed by atoms with Gasteiger partial charge in [0.2, 0.25) is 0 Å². The molecule has 0 aliphatic carbocycles. The molecule has 1 aromatic heterocycles. The fraction of sp³-hybridized carbons (Fsp3) is 0.185. The summed E-state index contributed by atoms with van der Waals surface area (Å²) in [5, 5.41) is 0.468. The Labute approximate surface area is 207 Å². The molecule has 0 unspecified atom stereocenters. The maximum Gasteiger partial charge on any atom is 0.340 e. The first-order chi connectivity index (χ1) is 16.7. The van der Waals surface area contributed by atoms with Gasteiger partial charge in [-0.15, -0.1) is 0 Å². The molecule has 3 aromatic rings. The molecule has 2 aromatic carbocycles. The third-order valence-electron chi connectivity index (χ3n) is 6.05. The number of aromatic nitrogens is 1. The van der Waals surface area contributed by atoms with Crippen molar-refractivity contribution in [2.24, 2.45) is 0 Å². The third-order valence-corrected chi connectivity index (χ3v) is 6.34. The number of aryl methyl sites for hydroxylation is 1. The lowest BCUT2D eigenvalue weighted by molar-refractivity contribution is -0.136. The lowest BCUT2D eigenvalue weighted by atomic mass is 10.0. The number of benzene rings is 2. The second kappa shape index (κ2) is 9.43. The van der Waals surface area contributed by atoms with Gasteiger partial charge in [0, 0.05) is 22.8 Å². The van der Waals surface area contributed by atoms with E-state index < -0.39 is 17.7 Å². The maximum absolute atomic E-state index is 14.6. The van der Waals surface area contributed by atoms with E-state index in [-0.39, 0.29) is 16.8 Å². The fourth-order valence-corrected chi connectivity index (χ4v) is 4.64. The molecule has 0 atom stereocenters. The zero-order chi connectivity index (χ0) is 25.4. The van der Waals surface area contributed by atoms with Crippen molar-refractivity contribution in [3.63, 3.8) is 0 Å². The topological polar surface area (TPSA) is 60.8 Å². The van der Waals surface area contributed by atoms with Gasteiger partial charge >= 0.3 is 5.97 Å². The summed E-state index contributed by atoms with van der Waals surface area (Å²) in [6.45, 7) is 5.43. The largest absolute Gasteiger partial charge is 0.495 e. The highest BCUT2D eigenvalue weighted by Gasteiger charge is 2.39. The smallest absolute Gasteiger partial charge is 0.340 e. The van der Waals surface area contributed by atoms with E-state index in [0.29, 0.717) is 16.5 Å². The summed E-state index contributed by atoms with van der Waals surface area (Å²) in [6, 6.07) is 13.3. The van der Waals surface area contributed by atoms with Gasteiger partial charge in [-0.2, -0.15) is 0 Å². The summed E-state index contributed by atoms with van der Waals surface area (Å²) in [5.41, 5.74) is 3.86. The molecule has 1 aliphatic rings. The molecule has 2 heterocycles. The number of anilines is 1. The number of hydrogen-bond acceptors (Lipinski definition) is 4. The van der Waals surface area contributed by atoms with Crippen molar-refractivity contribution in [2.75, 3.05) is 19.1 Å². The van der Waals surface area contributed by atoms with E-state index in [4.69, 9.17) is 21.1 Å². The van der Waals surface area contributed by atoms with Crippen LogP contribution < -0.4 is 9.64 Å². The van der Waals surface area contributed by atoms with Crippen molar-refractivity contribution in [1.29, 1.82) is 0 Å². The van der Waals surface area contributed by atoms with Crippen LogP contribution in [0.2, 0.25) is 5.02 Å². The molecule has 1 amide bonds. The van der Waals surface area contributed by atoms with Gasteiger partial charge in [-0.25, -0.2) is 9.18 Å². The third kappa shape index (κ3) is 4.12. The predicted octanol–water partition coefficient (Wildman–Crippen LogP) is 5.77. The molecule has 0 saturated heterocycles. The monoisotopic (exact) mass is 494 g/mol. The van der Waals surface area contributed by atoms with Crippen LogP contribution in [0.3, 0.4) is 0 Å². The first-order valence-corrected chi connectivity index (χ1v) is 11.2. The van der Waals surface area contributed by atoms with Crippen LogP contribution >= 0.6 is 11.6 Å². The molecule has 0 N–H and O–H groups in total. The minimum absolute atomic E-state index is 0.0677. The number of ether oxygens (including phenoxy) is 2. The van der Waals surface area contributed by atoms with Crippen molar-refractivity contribution < 1.29 is 23.5 Å². The Balaban J connectivity index is 1.85. The molecular formula is C27H24ClFN2O4. The summed E-state index contributed by atoms with van der Waals surface area (Å²) in [4.78, 5) is 27.4. The van der Waals surface area contributed by atoms with Gasteiger partial charge in [-0.1, -0.05) is 23.7 Å². The second-order valence-corrected chi connectivity index (χ2v) is 8.49. The fourth-order valence-electron chi connectivity index (χ4n) is 4.38. The molecule has 8 heteroatoms. The summed E-state index contributed by atoms with van der Waals surface area (Å²) in [6.07, 6.45) is 1.64. The van der Waals surface area contributed by atoms with Crippen LogP contribution in [-0.4, -0.2) is 30.7 Å². The van der Waals surface area contributed by atoms with E-state index in [0.717, 1.165) is 22.6 Å². The number of amides is 1. The lowest BCUT2D eigenvalue weighted by Crippen LogP contribution is -2.25. The first kappa shape index (κ1) is 24.3. The van der Waals surface area contributed by atoms with Crippen molar-refractivity contribution in [3.05, 3.63) is 93.2 Å². The van der Waals surface area contributed by atoms with Crippen LogP contribution in [0.4, 0.5) is 10.1 Å². The number of carbonyl (C=O) groups excluding carboxylic acids is 2. The predicted molar refractivity (Wildman–Crippen MR) is 133 cm³/mol. The normalized spacial score (nSPS) is 14.8. The number of carbonyl (C=O) groups is 2. The molecular weight excluding hydrogens is 471 g/mol. The van der Waals surface area contributed by atoms with E-state index >= 15 is 0 Å². The van der Waals surface area contributed by atoms with Crippen molar-refractivity contribution in [2.45, 2.75) is 20.8 Å². The Morgan fingerprint density at radius 3 is 2.40 bits per heavy atom. The molecule has 0 radical (unpaired) electrons. The highest BCUT2D eigenvalue weighted by Crippen LogP contribution is 2.37. The second-order valence-electron chi connectivity index (χ2n) is 8.08. The standard InChI is InChI=1S/C27H24ClFN2O4/c1-15-12-18(16(2)30(15)19-10-11-24(34-4)21(28)14-19)13-20-25(27(33)35-5)17(3)31(26(20)32)23-9-7-6-8-22(23)29/h6-14H,1-5H3/b20-13-. The lowest BCUT2D eigenvalue weighted by Gasteiger charge is -2.18. The van der Waals surface area contributed by atoms with Gasteiger partial charge in [0.15, 0.2) is 0 Å². The van der Waals surface area contributed by atoms with E-state index in [1.165, 1.54) is 30.2 Å². The summed E-state index contributed by atoms with van der Waals surface area (Å²) >= 11 is 6.33. The summed E-state index contributed by atoms with van der Waals surface area (Å²) < 4.78 is 26.8. The average Bonchev–Trinajstić information content (AvgIpc) is 3.25. The number of methoxy groups -OCH3 is 2. The number of hydrogen-bond donors (Lipinski definition) is 0. The minimum Gasteiger partial charge on any atom is -0.495 e. The molecule has 0 spiro atoms. The van der Waals surface area contributed by atoms with Crippen molar-refractivity contribution in [3.8, 4) is 11.4 Å². The van der Waals surface area contributed by atoms with Crippen LogP contribution in [0, 0.1) is 19.7 Å². The highest BCUT2D eigenvalue weighted by molar-refractivity contribution is 6.32. The molecule has 4 rings (SSSR count). The van der Waals surface area contributed by atoms with Crippen molar-refractivity contribution in [1.82, 2.24) is 4.57 Å². The van der Waals surface area contributed by atoms with E-state index in [2.05, 4.69) is 0 Å². The van der Waals surface area contributed by atoms with Gasteiger partial charge in [0.1, 0.15) is 11.6 Å². The average molecular weight is 495 g/mol. The zero-order valence-electron chi connectivity index (χ0n) is 20.0. The van der Waals surface area contributed by atoms with E-state index in [1.807, 2.05) is 30.5 Å². The Bertz CT molecular complexity index is 1420. The van der Waals surface area contributed by atoms with Crippen LogP contribution in [0.5, 0.6) is 5.75 Å². The molecule has 1 aliphatic heterocycles. The summed E-state index contributed by atoms with van der Waals surface area (Å²) in [5.74, 6) is -1.18. The molecule has 0 fully saturated rings. The SMILES string of the molecule is COC(=O)C1=C(C)N(c2ccccc2F)C(=O)/C1=C\c1cc(C)n(-c2ccc(OC)c(Cl)c2)c1C. The molecule has 0 bridgehead atoms. The van der Waals surface area contributed by atoms with Gasteiger partial charge in [0.05, 0.1) is 36.1 Å². The quantitative estimate of drug-likeness (QED) is 0.333. The van der Waals surface area contributed by atoms with Gasteiger partial charge < -0.3 is 14.0 Å². The molecule has 180 valence electrons. The number of rotatable bonds is 5. The summed E-state index contributed by atoms with van der Waals surface area (Å²) in [7, 11) is 2.80. The number of para-hydroxylation sites is 1. The molecule has 35 heavy (non-hydrogen) atoms. The Morgan fingerprint density at radius 1 is 1.06 bits per heavy atom. The maximum atomic E-state index is 14.6. The highest BCUT2D eigenvalue weighted by atomic mass is 35.5. The molecule has 6 nitrogen and oxygen atoms in total. The van der Waals surface area contributed by atoms with Gasteiger partial charge in [-0.05, 0) is 68.8 Å². The minimum atomic E-state index is -0.670. The van der Waals surface area contributed by atoms with Gasteiger partial charge in [0.25, 0.3) is 5.91 Å².